The molecule has 0 radical (unpaired) electrons. The fraction of sp³-hybridized carbons (Fsp3) is 0. The van der Waals surface area contributed by atoms with Gasteiger partial charge in [-0.15, -0.1) is 20.4 Å². The summed E-state index contributed by atoms with van der Waals surface area (Å²) in [7, 11) is -18.8. The summed E-state index contributed by atoms with van der Waals surface area (Å²) in [4.78, 5) is 0.636. The Kier molecular flexibility index (Phi) is 10.1. The summed E-state index contributed by atoms with van der Waals surface area (Å²) in [5, 5.41) is 27.9. The summed E-state index contributed by atoms with van der Waals surface area (Å²) in [6, 6.07) is 28.6. The van der Waals surface area contributed by atoms with E-state index in [9.17, 15) is 51.9 Å². The van der Waals surface area contributed by atoms with Crippen LogP contribution in [0.25, 0.3) is 67.1 Å². The number of benzene rings is 7. The molecule has 0 aliphatic rings. The molecule has 0 spiro atoms. The molecular weight excluding hydrogens is 913 g/mol. The second kappa shape index (κ2) is 15.3. The Morgan fingerprint density at radius 3 is 1.64 bits per heavy atom. The molecule has 2 heterocycles. The molecule has 0 saturated carbocycles. The Morgan fingerprint density at radius 1 is 0.438 bits per heavy atom. The van der Waals surface area contributed by atoms with Gasteiger partial charge in [0.25, 0.3) is 40.5 Å². The number of azo groups is 1. The van der Waals surface area contributed by atoms with Crippen LogP contribution in [0, 0.1) is 0 Å². The van der Waals surface area contributed by atoms with Crippen LogP contribution in [-0.4, -0.2) is 81.9 Å². The molecular formula is C40H26N8O12S4. The molecule has 322 valence electrons. The fourth-order valence-corrected chi connectivity index (χ4v) is 9.50. The quantitative estimate of drug-likeness (QED) is 0.0607. The van der Waals surface area contributed by atoms with Gasteiger partial charge in [-0.1, -0.05) is 48.6 Å². The molecule has 7 aromatic carbocycles. The average molecular weight is 939 g/mol. The zero-order valence-electron chi connectivity index (χ0n) is 32.0. The molecule has 20 nitrogen and oxygen atoms in total. The van der Waals surface area contributed by atoms with Gasteiger partial charge >= 0.3 is 0 Å². The predicted octanol–water partition coefficient (Wildman–Crippen LogP) is 7.03. The fourth-order valence-electron chi connectivity index (χ4n) is 6.94. The van der Waals surface area contributed by atoms with E-state index >= 15 is 0 Å². The van der Waals surface area contributed by atoms with E-state index < -0.39 is 55.2 Å². The van der Waals surface area contributed by atoms with E-state index in [2.05, 4.69) is 30.6 Å². The largest absolute Gasteiger partial charge is 0.295 e. The molecule has 24 heteroatoms. The third-order valence-corrected chi connectivity index (χ3v) is 13.4. The van der Waals surface area contributed by atoms with Crippen LogP contribution in [0.3, 0.4) is 0 Å². The summed E-state index contributed by atoms with van der Waals surface area (Å²) in [6.07, 6.45) is 2.33. The predicted molar refractivity (Wildman–Crippen MR) is 232 cm³/mol. The first kappa shape index (κ1) is 42.2. The number of hydrogen-bond donors (Lipinski definition) is 4. The van der Waals surface area contributed by atoms with Crippen molar-refractivity contribution in [2.45, 2.75) is 19.6 Å². The first-order valence-corrected chi connectivity index (χ1v) is 23.9. The van der Waals surface area contributed by atoms with Crippen LogP contribution in [0.2, 0.25) is 0 Å². The summed E-state index contributed by atoms with van der Waals surface area (Å²) >= 11 is 0. The third-order valence-electron chi connectivity index (χ3n) is 9.85. The topological polar surface area (TPSA) is 304 Å². The lowest BCUT2D eigenvalue weighted by Crippen LogP contribution is -2.04. The molecule has 4 N–H and O–H groups in total. The van der Waals surface area contributed by atoms with Crippen LogP contribution < -0.4 is 0 Å². The van der Waals surface area contributed by atoms with Crippen LogP contribution in [0.15, 0.2) is 151 Å². The van der Waals surface area contributed by atoms with Gasteiger partial charge in [-0.25, -0.2) is 0 Å². The summed E-state index contributed by atoms with van der Waals surface area (Å²) in [5.41, 5.74) is 2.15. The van der Waals surface area contributed by atoms with Gasteiger partial charge in [-0.05, 0) is 101 Å². The highest BCUT2D eigenvalue weighted by molar-refractivity contribution is 7.86. The van der Waals surface area contributed by atoms with Crippen molar-refractivity contribution in [2.24, 2.45) is 10.2 Å². The molecule has 2 aromatic heterocycles. The second-order valence-corrected chi connectivity index (χ2v) is 19.6. The zero-order valence-corrected chi connectivity index (χ0v) is 35.2. The van der Waals surface area contributed by atoms with Crippen LogP contribution >= 0.6 is 0 Å². The van der Waals surface area contributed by atoms with Crippen molar-refractivity contribution in [3.8, 4) is 11.4 Å². The monoisotopic (exact) mass is 938 g/mol. The van der Waals surface area contributed by atoms with E-state index in [1.165, 1.54) is 59.4 Å². The minimum Gasteiger partial charge on any atom is -0.282 e. The highest BCUT2D eigenvalue weighted by Gasteiger charge is 2.22. The van der Waals surface area contributed by atoms with Gasteiger partial charge in [-0.2, -0.15) is 53.5 Å². The number of hydrogen-bond acceptors (Lipinski definition) is 14. The third kappa shape index (κ3) is 8.13. The van der Waals surface area contributed by atoms with E-state index in [1.54, 1.807) is 54.6 Å². The maximum absolute atomic E-state index is 12.5. The highest BCUT2D eigenvalue weighted by Crippen LogP contribution is 2.32. The molecule has 64 heavy (non-hydrogen) atoms. The maximum atomic E-state index is 12.5. The van der Waals surface area contributed by atoms with Crippen molar-refractivity contribution in [3.05, 3.63) is 132 Å². The Morgan fingerprint density at radius 2 is 0.984 bits per heavy atom. The molecule has 0 unspecified atom stereocenters. The second-order valence-electron chi connectivity index (χ2n) is 14.0. The van der Waals surface area contributed by atoms with E-state index in [1.807, 2.05) is 0 Å². The van der Waals surface area contributed by atoms with Gasteiger partial charge < -0.3 is 0 Å². The van der Waals surface area contributed by atoms with Crippen molar-refractivity contribution in [3.63, 3.8) is 0 Å². The molecule has 0 saturated heterocycles. The smallest absolute Gasteiger partial charge is 0.282 e. The Labute approximate surface area is 361 Å². The normalized spacial score (nSPS) is 13.1. The van der Waals surface area contributed by atoms with Gasteiger partial charge in [0, 0.05) is 16.2 Å². The maximum Gasteiger partial charge on any atom is 0.295 e. The molecule has 0 atom stereocenters. The van der Waals surface area contributed by atoms with Crippen LogP contribution in [0.5, 0.6) is 0 Å². The minimum atomic E-state index is -4.87. The van der Waals surface area contributed by atoms with Crippen LogP contribution in [-0.2, 0) is 40.5 Å². The highest BCUT2D eigenvalue weighted by atomic mass is 32.2. The summed E-state index contributed by atoms with van der Waals surface area (Å²) < 4.78 is 137. The standard InChI is InChI=1S/C40H26N8O12S4/c49-61(50,51)30-14-15-31-23(21-30)7-16-34-39(31)45-47(43-34)28-11-8-26(9-12-28)41-42-27-10-17-36(62(52,53)54)24(19-27)5-6-25-20-29(13-18-37(25)63(55,56)57)48-44-35-22-38(64(58,59)60)32-3-1-2-4-33(32)40(35)46-48/h1-22H,(H,49,50,51)(H,52,53,54)(H,55,56,57)(H,58,59,60). The lowest BCUT2D eigenvalue weighted by atomic mass is 10.1. The van der Waals surface area contributed by atoms with Crippen molar-refractivity contribution >= 4 is 108 Å². The molecule has 0 aliphatic heterocycles. The Bertz CT molecular complexity index is 3970. The first-order valence-electron chi connectivity index (χ1n) is 18.2. The van der Waals surface area contributed by atoms with Gasteiger partial charge in [0.1, 0.15) is 36.8 Å². The molecule has 0 amide bonds. The molecule has 0 bridgehead atoms. The molecule has 0 fully saturated rings. The van der Waals surface area contributed by atoms with Crippen LogP contribution in [0.1, 0.15) is 11.1 Å². The van der Waals surface area contributed by atoms with Crippen molar-refractivity contribution in [1.29, 1.82) is 0 Å². The van der Waals surface area contributed by atoms with Crippen molar-refractivity contribution in [2.75, 3.05) is 0 Å². The van der Waals surface area contributed by atoms with Gasteiger partial charge in [0.2, 0.25) is 0 Å². The summed E-state index contributed by atoms with van der Waals surface area (Å²) in [6.45, 7) is 0. The zero-order chi connectivity index (χ0) is 45.3. The SMILES string of the molecule is O=S(=O)(O)c1ccc2c(ccc3nn(-c4ccc(N=Nc5ccc(S(=O)(=O)O)c(C=Cc6cc(-n7nc8cc(S(=O)(=O)O)c9ccccc9c8n7)ccc6S(=O)(=O)O)c5)cc4)nc32)c1. The van der Waals surface area contributed by atoms with E-state index in [4.69, 9.17) is 0 Å². The van der Waals surface area contributed by atoms with Crippen molar-refractivity contribution in [1.82, 2.24) is 30.0 Å². The lowest BCUT2D eigenvalue weighted by Gasteiger charge is -2.08. The van der Waals surface area contributed by atoms with E-state index in [0.717, 1.165) is 29.1 Å². The number of fused-ring (bicyclic) bond motifs is 6. The van der Waals surface area contributed by atoms with Crippen molar-refractivity contribution < 1.29 is 51.9 Å². The van der Waals surface area contributed by atoms with E-state index in [0.29, 0.717) is 38.6 Å². The Balaban J connectivity index is 1.02. The molecule has 9 rings (SSSR count). The number of aromatic nitrogens is 6. The first-order chi connectivity index (χ1) is 30.2. The van der Waals surface area contributed by atoms with Gasteiger partial charge in [0.15, 0.2) is 0 Å². The van der Waals surface area contributed by atoms with Gasteiger partial charge in [0.05, 0.1) is 27.6 Å². The van der Waals surface area contributed by atoms with Gasteiger partial charge in [-0.3, -0.25) is 18.2 Å². The minimum absolute atomic E-state index is 0.0716. The lowest BCUT2D eigenvalue weighted by molar-refractivity contribution is 0.480. The molecule has 0 aliphatic carbocycles. The average Bonchev–Trinajstić information content (AvgIpc) is 3.89. The van der Waals surface area contributed by atoms with E-state index in [-0.39, 0.29) is 43.8 Å². The number of rotatable bonds is 10. The molecule has 9 aromatic rings. The Hall–Kier alpha value is -7.16. The summed E-state index contributed by atoms with van der Waals surface area (Å²) in [5.74, 6) is 0. The number of nitrogens with zero attached hydrogens (tertiary/aromatic N) is 8. The van der Waals surface area contributed by atoms with Crippen LogP contribution in [0.4, 0.5) is 11.4 Å².